The number of hydrogen-bond donors (Lipinski definition) is 1. The standard InChI is InChI=1S/C28H21Br2Cl2N3O8/c1-43-19-8-12(7-18(30)22(19)36)21-15-5-6-16-20(17(15)10-27(31)25(39)33(11-29)26(40)28(21,27)32)24(38)34(23(16)37)13-3-2-4-14(9-13)35(41)42/h2-5,7-9,16-17,20-21,36H,6,10-11H2,1H3/t16-,17+,20-,21-,27+,28-/m0/s1. The second-order valence-electron chi connectivity index (χ2n) is 10.8. The van der Waals surface area contributed by atoms with Gasteiger partial charge in [0.1, 0.15) is 0 Å². The number of methoxy groups -OCH3 is 1. The summed E-state index contributed by atoms with van der Waals surface area (Å²) in [4.78, 5) is 64.0. The van der Waals surface area contributed by atoms with Crippen molar-refractivity contribution < 1.29 is 33.9 Å². The molecule has 6 rings (SSSR count). The van der Waals surface area contributed by atoms with Crippen LogP contribution in [0.4, 0.5) is 11.4 Å². The molecule has 0 bridgehead atoms. The molecule has 11 nitrogen and oxygen atoms in total. The van der Waals surface area contributed by atoms with Crippen LogP contribution in [0.15, 0.2) is 52.5 Å². The third-order valence-electron chi connectivity index (χ3n) is 8.92. The van der Waals surface area contributed by atoms with Crippen LogP contribution in [-0.2, 0) is 19.2 Å². The molecule has 224 valence electrons. The number of benzene rings is 2. The van der Waals surface area contributed by atoms with E-state index in [1.807, 2.05) is 0 Å². The molecule has 3 fully saturated rings. The first-order valence-electron chi connectivity index (χ1n) is 13.0. The first kappa shape index (κ1) is 30.0. The third-order valence-corrected chi connectivity index (χ3v) is 11.4. The zero-order valence-electron chi connectivity index (χ0n) is 22.1. The highest BCUT2D eigenvalue weighted by Gasteiger charge is 2.76. The van der Waals surface area contributed by atoms with Crippen LogP contribution in [0.25, 0.3) is 0 Å². The van der Waals surface area contributed by atoms with Crippen molar-refractivity contribution in [3.05, 3.63) is 68.2 Å². The van der Waals surface area contributed by atoms with Crippen LogP contribution in [-0.4, -0.2) is 60.9 Å². The summed E-state index contributed by atoms with van der Waals surface area (Å²) in [6.45, 7) is 0. The minimum Gasteiger partial charge on any atom is -0.503 e. The van der Waals surface area contributed by atoms with Crippen molar-refractivity contribution in [2.45, 2.75) is 28.5 Å². The Hall–Kier alpha value is -3.00. The van der Waals surface area contributed by atoms with E-state index >= 15 is 0 Å². The summed E-state index contributed by atoms with van der Waals surface area (Å²) in [7, 11) is 1.35. The summed E-state index contributed by atoms with van der Waals surface area (Å²) in [5.41, 5.74) is 0.543. The number of alkyl halides is 3. The number of carbonyl (C=O) groups is 4. The molecule has 0 unspecified atom stereocenters. The Morgan fingerprint density at radius 3 is 2.49 bits per heavy atom. The minimum atomic E-state index is -2.03. The summed E-state index contributed by atoms with van der Waals surface area (Å²) in [5.74, 6) is -6.38. The fourth-order valence-electron chi connectivity index (χ4n) is 7.04. The van der Waals surface area contributed by atoms with Crippen molar-refractivity contribution in [1.29, 1.82) is 0 Å². The van der Waals surface area contributed by atoms with Crippen molar-refractivity contribution in [3.8, 4) is 11.5 Å². The monoisotopic (exact) mass is 755 g/mol. The lowest BCUT2D eigenvalue weighted by molar-refractivity contribution is -0.384. The van der Waals surface area contributed by atoms with E-state index in [0.29, 0.717) is 11.1 Å². The van der Waals surface area contributed by atoms with Crippen LogP contribution in [0, 0.1) is 27.9 Å². The van der Waals surface area contributed by atoms with Gasteiger partial charge in [-0.25, -0.2) is 4.90 Å². The average molecular weight is 758 g/mol. The van der Waals surface area contributed by atoms with Gasteiger partial charge < -0.3 is 9.84 Å². The molecular weight excluding hydrogens is 737 g/mol. The number of nitrogens with zero attached hydrogens (tertiary/aromatic N) is 3. The van der Waals surface area contributed by atoms with Gasteiger partial charge in [0.05, 0.1) is 39.5 Å². The summed E-state index contributed by atoms with van der Waals surface area (Å²) >= 11 is 20.9. The van der Waals surface area contributed by atoms with E-state index in [4.69, 9.17) is 27.9 Å². The molecule has 2 saturated heterocycles. The molecule has 1 N–H and O–H groups in total. The van der Waals surface area contributed by atoms with Gasteiger partial charge in [-0.2, -0.15) is 0 Å². The predicted molar refractivity (Wildman–Crippen MR) is 161 cm³/mol. The van der Waals surface area contributed by atoms with Gasteiger partial charge in [0.25, 0.3) is 17.5 Å². The lowest BCUT2D eigenvalue weighted by Crippen LogP contribution is -2.60. The Bertz CT molecular complexity index is 1690. The molecule has 2 aromatic carbocycles. The van der Waals surface area contributed by atoms with E-state index in [0.717, 1.165) is 15.9 Å². The lowest BCUT2D eigenvalue weighted by atomic mass is 9.56. The van der Waals surface area contributed by atoms with E-state index in [2.05, 4.69) is 31.9 Å². The Labute approximate surface area is 271 Å². The minimum absolute atomic E-state index is 0.0598. The number of anilines is 1. The molecule has 2 aliphatic heterocycles. The lowest BCUT2D eigenvalue weighted by Gasteiger charge is -2.50. The Morgan fingerprint density at radius 1 is 1.12 bits per heavy atom. The Kier molecular flexibility index (Phi) is 7.19. The van der Waals surface area contributed by atoms with Crippen molar-refractivity contribution in [2.75, 3.05) is 17.5 Å². The van der Waals surface area contributed by atoms with Crippen LogP contribution < -0.4 is 9.64 Å². The van der Waals surface area contributed by atoms with Gasteiger partial charge >= 0.3 is 0 Å². The number of rotatable bonds is 5. The molecule has 0 aromatic heterocycles. The second kappa shape index (κ2) is 10.3. The third kappa shape index (κ3) is 3.97. The van der Waals surface area contributed by atoms with Crippen molar-refractivity contribution in [1.82, 2.24) is 4.90 Å². The largest absolute Gasteiger partial charge is 0.503 e. The molecule has 0 radical (unpaired) electrons. The van der Waals surface area contributed by atoms with E-state index in [-0.39, 0.29) is 45.6 Å². The number of phenolic OH excluding ortho intramolecular Hbond substituents is 1. The Balaban J connectivity index is 1.53. The van der Waals surface area contributed by atoms with Crippen molar-refractivity contribution >= 4 is 90.1 Å². The normalized spacial score (nSPS) is 31.5. The number of nitro groups is 1. The van der Waals surface area contributed by atoms with Crippen molar-refractivity contribution in [2.24, 2.45) is 17.8 Å². The molecule has 2 aliphatic carbocycles. The topological polar surface area (TPSA) is 147 Å². The summed E-state index contributed by atoms with van der Waals surface area (Å²) in [5, 5.41) is 21.9. The van der Waals surface area contributed by atoms with E-state index in [1.165, 1.54) is 31.4 Å². The van der Waals surface area contributed by atoms with E-state index in [9.17, 15) is 34.4 Å². The highest BCUT2D eigenvalue weighted by molar-refractivity contribution is 9.10. The number of phenols is 1. The van der Waals surface area contributed by atoms with E-state index in [1.54, 1.807) is 12.1 Å². The van der Waals surface area contributed by atoms with Gasteiger partial charge in [-0.1, -0.05) is 33.6 Å². The Morgan fingerprint density at radius 2 is 1.84 bits per heavy atom. The first-order chi connectivity index (χ1) is 20.3. The number of carbonyl (C=O) groups excluding carboxylic acids is 4. The number of ether oxygens (including phenoxy) is 1. The summed E-state index contributed by atoms with van der Waals surface area (Å²) < 4.78 is 5.58. The number of hydrogen-bond acceptors (Lipinski definition) is 8. The average Bonchev–Trinajstić information content (AvgIpc) is 3.32. The van der Waals surface area contributed by atoms with Crippen LogP contribution in [0.1, 0.15) is 24.3 Å². The highest BCUT2D eigenvalue weighted by Crippen LogP contribution is 2.66. The number of halogens is 4. The number of allylic oxidation sites excluding steroid dienone is 2. The summed E-state index contributed by atoms with van der Waals surface area (Å²) in [6, 6.07) is 8.29. The maximum Gasteiger partial charge on any atom is 0.271 e. The van der Waals surface area contributed by atoms with Gasteiger partial charge in [-0.15, -0.1) is 23.2 Å². The molecule has 4 aliphatic rings. The maximum absolute atomic E-state index is 14.1. The quantitative estimate of drug-likeness (QED) is 0.112. The van der Waals surface area contributed by atoms with E-state index < -0.39 is 62.0 Å². The number of fused-ring (bicyclic) bond motifs is 4. The van der Waals surface area contributed by atoms with Gasteiger partial charge in [0, 0.05) is 18.1 Å². The number of imide groups is 2. The number of amides is 4. The predicted octanol–water partition coefficient (Wildman–Crippen LogP) is 4.99. The number of non-ortho nitro benzene ring substituents is 1. The molecular formula is C28H21Br2Cl2N3O8. The zero-order chi connectivity index (χ0) is 31.2. The number of nitro benzene ring substituents is 1. The van der Waals surface area contributed by atoms with Gasteiger partial charge in [-0.3, -0.25) is 34.2 Å². The molecule has 2 aromatic rings. The number of likely N-dealkylation sites (tertiary alicyclic amines) is 1. The van der Waals surface area contributed by atoms with Crippen LogP contribution in [0.3, 0.4) is 0 Å². The van der Waals surface area contributed by atoms with Crippen LogP contribution in [0.2, 0.25) is 0 Å². The molecule has 6 atom stereocenters. The van der Waals surface area contributed by atoms with Crippen molar-refractivity contribution in [3.63, 3.8) is 0 Å². The summed E-state index contributed by atoms with van der Waals surface area (Å²) in [6.07, 6.45) is 1.67. The molecule has 2 heterocycles. The molecule has 15 heteroatoms. The SMILES string of the molecule is COc1cc([C@H]2C3=CC[C@@H]4C(=O)N(c5cccc([N+](=O)[O-])c5)C(=O)[C@@H]4[C@@H]3C[C@@]3(Cl)C(=O)N(CBr)C(=O)[C@@]23Cl)cc(Br)c1O. The number of aromatic hydroxyl groups is 1. The van der Waals surface area contributed by atoms with Gasteiger partial charge in [-0.05, 0) is 58.5 Å². The van der Waals surface area contributed by atoms with Gasteiger partial charge in [0.15, 0.2) is 21.2 Å². The second-order valence-corrected chi connectivity index (χ2v) is 13.4. The molecule has 43 heavy (non-hydrogen) atoms. The highest BCUT2D eigenvalue weighted by atomic mass is 79.9. The molecule has 4 amide bonds. The van der Waals surface area contributed by atoms with Crippen LogP contribution in [0.5, 0.6) is 11.5 Å². The first-order valence-corrected chi connectivity index (χ1v) is 15.7. The maximum atomic E-state index is 14.1. The fraction of sp³-hybridized carbons (Fsp3) is 0.357. The smallest absolute Gasteiger partial charge is 0.271 e. The van der Waals surface area contributed by atoms with Crippen LogP contribution >= 0.6 is 55.1 Å². The molecule has 0 spiro atoms. The molecule has 1 saturated carbocycles. The van der Waals surface area contributed by atoms with Gasteiger partial charge in [0.2, 0.25) is 11.8 Å². The zero-order valence-corrected chi connectivity index (χ0v) is 26.8. The fourth-order valence-corrected chi connectivity index (χ4v) is 8.93.